The zero-order valence-corrected chi connectivity index (χ0v) is 10.7. The Hall–Kier alpha value is -1.42. The van der Waals surface area contributed by atoms with E-state index in [1.54, 1.807) is 12.1 Å². The Bertz CT molecular complexity index is 465. The van der Waals surface area contributed by atoms with Crippen molar-refractivity contribution in [3.05, 3.63) is 34.9 Å². The molecule has 0 saturated heterocycles. The van der Waals surface area contributed by atoms with E-state index < -0.39 is 11.6 Å². The van der Waals surface area contributed by atoms with E-state index in [0.29, 0.717) is 5.56 Å². The Labute approximate surface area is 106 Å². The van der Waals surface area contributed by atoms with Crippen molar-refractivity contribution in [2.24, 2.45) is 0 Å². The van der Waals surface area contributed by atoms with Gasteiger partial charge < -0.3 is 10.4 Å². The van der Waals surface area contributed by atoms with Gasteiger partial charge in [0.15, 0.2) is 0 Å². The van der Waals surface area contributed by atoms with Crippen LogP contribution < -0.4 is 5.32 Å². The lowest BCUT2D eigenvalue weighted by Crippen LogP contribution is -2.33. The highest BCUT2D eigenvalue weighted by Gasteiger charge is 2.25. The minimum Gasteiger partial charge on any atom is -0.478 e. The van der Waals surface area contributed by atoms with Gasteiger partial charge in [-0.25, -0.2) is 9.18 Å². The SMILES string of the molecule is CC(C)(F)CNC1CCc2ccc(C(=O)O)cc21. The molecular formula is C14H18FNO2. The Kier molecular flexibility index (Phi) is 3.39. The predicted molar refractivity (Wildman–Crippen MR) is 67.7 cm³/mol. The van der Waals surface area contributed by atoms with Gasteiger partial charge in [0.05, 0.1) is 5.56 Å². The summed E-state index contributed by atoms with van der Waals surface area (Å²) in [5.41, 5.74) is 1.20. The Morgan fingerprint density at radius 1 is 1.56 bits per heavy atom. The van der Waals surface area contributed by atoms with Crippen LogP contribution in [0.2, 0.25) is 0 Å². The summed E-state index contributed by atoms with van der Waals surface area (Å²) in [6, 6.07) is 5.26. The lowest BCUT2D eigenvalue weighted by Gasteiger charge is -2.20. The predicted octanol–water partition coefficient (Wildman–Crippen LogP) is 2.71. The second-order valence-electron chi connectivity index (χ2n) is 5.41. The van der Waals surface area contributed by atoms with Crippen molar-refractivity contribution >= 4 is 5.97 Å². The first kappa shape index (κ1) is 13.0. The zero-order valence-electron chi connectivity index (χ0n) is 10.7. The number of carbonyl (C=O) groups is 1. The number of aryl methyl sites for hydroxylation is 1. The van der Waals surface area contributed by atoms with Gasteiger partial charge in [-0.1, -0.05) is 6.07 Å². The number of aromatic carboxylic acids is 1. The van der Waals surface area contributed by atoms with Gasteiger partial charge >= 0.3 is 5.97 Å². The number of hydrogen-bond acceptors (Lipinski definition) is 2. The van der Waals surface area contributed by atoms with Crippen LogP contribution in [0.4, 0.5) is 4.39 Å². The molecule has 0 heterocycles. The number of carboxylic acid groups (broad SMARTS) is 1. The molecule has 3 nitrogen and oxygen atoms in total. The topological polar surface area (TPSA) is 49.3 Å². The van der Waals surface area contributed by atoms with Gasteiger partial charge in [0.1, 0.15) is 5.67 Å². The third kappa shape index (κ3) is 2.88. The lowest BCUT2D eigenvalue weighted by molar-refractivity contribution is 0.0696. The average molecular weight is 251 g/mol. The molecule has 0 fully saturated rings. The van der Waals surface area contributed by atoms with Crippen LogP contribution in [-0.2, 0) is 6.42 Å². The standard InChI is InChI=1S/C14H18FNO2/c1-14(2,15)8-16-12-6-5-9-3-4-10(13(17)18)7-11(9)12/h3-4,7,12,16H,5-6,8H2,1-2H3,(H,17,18). The second kappa shape index (κ2) is 4.69. The third-order valence-electron chi connectivity index (χ3n) is 3.24. The monoisotopic (exact) mass is 251 g/mol. The summed E-state index contributed by atoms with van der Waals surface area (Å²) in [5, 5.41) is 12.2. The van der Waals surface area contributed by atoms with Gasteiger partial charge in [0.25, 0.3) is 0 Å². The summed E-state index contributed by atoms with van der Waals surface area (Å²) < 4.78 is 13.5. The van der Waals surface area contributed by atoms with E-state index >= 15 is 0 Å². The minimum atomic E-state index is -1.26. The van der Waals surface area contributed by atoms with E-state index in [2.05, 4.69) is 5.32 Å². The van der Waals surface area contributed by atoms with Crippen LogP contribution >= 0.6 is 0 Å². The number of benzene rings is 1. The molecule has 1 aromatic carbocycles. The van der Waals surface area contributed by atoms with Crippen molar-refractivity contribution in [3.8, 4) is 0 Å². The molecule has 4 heteroatoms. The summed E-state index contributed by atoms with van der Waals surface area (Å²) in [4.78, 5) is 10.9. The normalized spacial score (nSPS) is 18.7. The maximum absolute atomic E-state index is 13.5. The molecular weight excluding hydrogens is 233 g/mol. The Morgan fingerprint density at radius 3 is 2.89 bits per heavy atom. The minimum absolute atomic E-state index is 0.0642. The molecule has 1 aliphatic carbocycles. The number of fused-ring (bicyclic) bond motifs is 1. The number of nitrogens with one attached hydrogen (secondary N) is 1. The molecule has 1 aromatic rings. The number of hydrogen-bond donors (Lipinski definition) is 2. The summed E-state index contributed by atoms with van der Waals surface area (Å²) >= 11 is 0. The van der Waals surface area contributed by atoms with Crippen LogP contribution in [0.5, 0.6) is 0 Å². The fourth-order valence-electron chi connectivity index (χ4n) is 2.31. The van der Waals surface area contributed by atoms with Crippen molar-refractivity contribution in [3.63, 3.8) is 0 Å². The molecule has 98 valence electrons. The Morgan fingerprint density at radius 2 is 2.28 bits per heavy atom. The van der Waals surface area contributed by atoms with Crippen LogP contribution in [0.1, 0.15) is 47.8 Å². The molecule has 1 aliphatic rings. The summed E-state index contributed by atoms with van der Waals surface area (Å²) in [6.07, 6.45) is 1.81. The zero-order chi connectivity index (χ0) is 13.3. The maximum Gasteiger partial charge on any atom is 0.335 e. The van der Waals surface area contributed by atoms with Crippen molar-refractivity contribution < 1.29 is 14.3 Å². The first-order valence-corrected chi connectivity index (χ1v) is 6.15. The second-order valence-corrected chi connectivity index (χ2v) is 5.41. The molecule has 1 atom stereocenters. The van der Waals surface area contributed by atoms with Crippen molar-refractivity contribution in [1.29, 1.82) is 0 Å². The highest BCUT2D eigenvalue weighted by Crippen LogP contribution is 2.32. The van der Waals surface area contributed by atoms with Crippen LogP contribution in [-0.4, -0.2) is 23.3 Å². The molecule has 1 unspecified atom stereocenters. The van der Waals surface area contributed by atoms with Crippen LogP contribution in [0.15, 0.2) is 18.2 Å². The van der Waals surface area contributed by atoms with E-state index in [1.807, 2.05) is 6.07 Å². The molecule has 0 aromatic heterocycles. The molecule has 18 heavy (non-hydrogen) atoms. The molecule has 2 rings (SSSR count). The highest BCUT2D eigenvalue weighted by atomic mass is 19.1. The number of halogens is 1. The fourth-order valence-corrected chi connectivity index (χ4v) is 2.31. The quantitative estimate of drug-likeness (QED) is 0.865. The molecule has 0 radical (unpaired) electrons. The lowest BCUT2D eigenvalue weighted by atomic mass is 10.0. The van der Waals surface area contributed by atoms with Gasteiger partial charge in [-0.3, -0.25) is 0 Å². The number of rotatable bonds is 4. The van der Waals surface area contributed by atoms with Crippen molar-refractivity contribution in [2.45, 2.75) is 38.4 Å². The van der Waals surface area contributed by atoms with Gasteiger partial charge in [-0.15, -0.1) is 0 Å². The van der Waals surface area contributed by atoms with E-state index in [9.17, 15) is 9.18 Å². The van der Waals surface area contributed by atoms with Crippen LogP contribution in [0.25, 0.3) is 0 Å². The van der Waals surface area contributed by atoms with E-state index in [-0.39, 0.29) is 12.6 Å². The molecule has 0 bridgehead atoms. The smallest absolute Gasteiger partial charge is 0.335 e. The van der Waals surface area contributed by atoms with Crippen LogP contribution in [0.3, 0.4) is 0 Å². The van der Waals surface area contributed by atoms with Gasteiger partial charge in [-0.2, -0.15) is 0 Å². The molecule has 0 aliphatic heterocycles. The molecule has 0 spiro atoms. The van der Waals surface area contributed by atoms with Gasteiger partial charge in [0.2, 0.25) is 0 Å². The van der Waals surface area contributed by atoms with Gasteiger partial charge in [0, 0.05) is 12.6 Å². The Balaban J connectivity index is 2.16. The maximum atomic E-state index is 13.5. The molecule has 2 N–H and O–H groups in total. The third-order valence-corrected chi connectivity index (χ3v) is 3.24. The van der Waals surface area contributed by atoms with Crippen molar-refractivity contribution in [1.82, 2.24) is 5.32 Å². The molecule has 0 amide bonds. The number of carboxylic acids is 1. The number of alkyl halides is 1. The van der Waals surface area contributed by atoms with Gasteiger partial charge in [-0.05, 0) is 49.9 Å². The first-order valence-electron chi connectivity index (χ1n) is 6.15. The summed E-state index contributed by atoms with van der Waals surface area (Å²) in [5.74, 6) is -0.922. The molecule has 0 saturated carbocycles. The largest absolute Gasteiger partial charge is 0.478 e. The van der Waals surface area contributed by atoms with E-state index in [0.717, 1.165) is 24.0 Å². The van der Waals surface area contributed by atoms with Crippen molar-refractivity contribution in [2.75, 3.05) is 6.54 Å². The first-order chi connectivity index (χ1) is 8.37. The highest BCUT2D eigenvalue weighted by molar-refractivity contribution is 5.88. The summed E-state index contributed by atoms with van der Waals surface area (Å²) in [7, 11) is 0. The summed E-state index contributed by atoms with van der Waals surface area (Å²) in [6.45, 7) is 3.33. The van der Waals surface area contributed by atoms with E-state index in [1.165, 1.54) is 13.8 Å². The van der Waals surface area contributed by atoms with E-state index in [4.69, 9.17) is 5.11 Å². The fraction of sp³-hybridized carbons (Fsp3) is 0.500. The van der Waals surface area contributed by atoms with Crippen LogP contribution in [0, 0.1) is 0 Å². The average Bonchev–Trinajstić information content (AvgIpc) is 2.67.